The molecule has 1 aromatic carbocycles. The van der Waals surface area contributed by atoms with Crippen LogP contribution in [0.4, 0.5) is 9.18 Å². The summed E-state index contributed by atoms with van der Waals surface area (Å²) in [6.45, 7) is 0. The van der Waals surface area contributed by atoms with E-state index in [2.05, 4.69) is 10.6 Å². The van der Waals surface area contributed by atoms with Gasteiger partial charge >= 0.3 is 12.0 Å². The van der Waals surface area contributed by atoms with Crippen LogP contribution >= 0.6 is 11.8 Å². The zero-order valence-corrected chi connectivity index (χ0v) is 11.7. The Morgan fingerprint density at radius 1 is 1.33 bits per heavy atom. The summed E-state index contributed by atoms with van der Waals surface area (Å²) in [6.07, 6.45) is 1.84. The highest BCUT2D eigenvalue weighted by molar-refractivity contribution is 8.00. The van der Waals surface area contributed by atoms with E-state index in [1.165, 1.54) is 6.07 Å². The largest absolute Gasteiger partial charge is 0.478 e. The number of rotatable bonds is 5. The van der Waals surface area contributed by atoms with Crippen molar-refractivity contribution in [3.05, 3.63) is 29.6 Å². The summed E-state index contributed by atoms with van der Waals surface area (Å²) >= 11 is 1.02. The molecule has 1 aliphatic carbocycles. The van der Waals surface area contributed by atoms with Gasteiger partial charge < -0.3 is 10.4 Å². The van der Waals surface area contributed by atoms with Crippen molar-refractivity contribution in [2.75, 3.05) is 5.75 Å². The van der Waals surface area contributed by atoms with Crippen LogP contribution in [0.2, 0.25) is 0 Å². The van der Waals surface area contributed by atoms with Crippen LogP contribution in [0.5, 0.6) is 0 Å². The molecule has 6 nitrogen and oxygen atoms in total. The molecule has 1 aromatic rings. The summed E-state index contributed by atoms with van der Waals surface area (Å²) in [5, 5.41) is 13.6. The smallest absolute Gasteiger partial charge is 0.338 e. The van der Waals surface area contributed by atoms with Crippen molar-refractivity contribution in [1.29, 1.82) is 0 Å². The molecule has 8 heteroatoms. The minimum Gasteiger partial charge on any atom is -0.478 e. The lowest BCUT2D eigenvalue weighted by molar-refractivity contribution is -0.117. The molecular weight excluding hydrogens is 299 g/mol. The highest BCUT2D eigenvalue weighted by Gasteiger charge is 2.23. The first-order chi connectivity index (χ1) is 9.95. The first kappa shape index (κ1) is 15.3. The molecule has 1 fully saturated rings. The standard InChI is InChI=1S/C13H13FN2O4S/c14-10-4-3-8(5-9(10)12(18)19)21-6-11(17)16-13(20)15-7-1-2-7/h3-5,7H,1-2,6H2,(H,18,19)(H2,15,16,17,20). The third kappa shape index (κ3) is 4.75. The van der Waals surface area contributed by atoms with Crippen LogP contribution in [0.25, 0.3) is 0 Å². The number of amides is 3. The van der Waals surface area contributed by atoms with Gasteiger partial charge in [-0.25, -0.2) is 14.0 Å². The number of imide groups is 1. The fourth-order valence-electron chi connectivity index (χ4n) is 1.52. The number of nitrogens with one attached hydrogen (secondary N) is 2. The Labute approximate surface area is 124 Å². The topological polar surface area (TPSA) is 95.5 Å². The SMILES string of the molecule is O=C(CSc1ccc(F)c(C(=O)O)c1)NC(=O)NC1CC1. The summed E-state index contributed by atoms with van der Waals surface area (Å²) in [6, 6.07) is 3.18. The molecule has 21 heavy (non-hydrogen) atoms. The summed E-state index contributed by atoms with van der Waals surface area (Å²) in [5.41, 5.74) is -0.452. The average molecular weight is 312 g/mol. The molecule has 1 saturated carbocycles. The first-order valence-electron chi connectivity index (χ1n) is 6.21. The van der Waals surface area contributed by atoms with Gasteiger partial charge in [-0.15, -0.1) is 11.8 Å². The van der Waals surface area contributed by atoms with Crippen molar-refractivity contribution in [2.45, 2.75) is 23.8 Å². The number of carbonyl (C=O) groups excluding carboxylic acids is 2. The van der Waals surface area contributed by atoms with Crippen molar-refractivity contribution in [2.24, 2.45) is 0 Å². The minimum atomic E-state index is -1.37. The van der Waals surface area contributed by atoms with E-state index in [1.54, 1.807) is 0 Å². The highest BCUT2D eigenvalue weighted by Crippen LogP contribution is 2.21. The number of aromatic carboxylic acids is 1. The number of carboxylic acid groups (broad SMARTS) is 1. The van der Waals surface area contributed by atoms with E-state index >= 15 is 0 Å². The lowest BCUT2D eigenvalue weighted by Crippen LogP contribution is -2.41. The van der Waals surface area contributed by atoms with Gasteiger partial charge in [0, 0.05) is 10.9 Å². The Bertz CT molecular complexity index is 590. The fourth-order valence-corrected chi connectivity index (χ4v) is 2.25. The van der Waals surface area contributed by atoms with Crippen LogP contribution in [0.1, 0.15) is 23.2 Å². The normalized spacial score (nSPS) is 13.6. The average Bonchev–Trinajstić information content (AvgIpc) is 3.21. The van der Waals surface area contributed by atoms with Crippen molar-refractivity contribution in [3.63, 3.8) is 0 Å². The van der Waals surface area contributed by atoms with Gasteiger partial charge in [0.15, 0.2) is 0 Å². The van der Waals surface area contributed by atoms with Gasteiger partial charge in [0.1, 0.15) is 5.82 Å². The molecule has 0 aliphatic heterocycles. The summed E-state index contributed by atoms with van der Waals surface area (Å²) in [5.74, 6) is -2.77. The molecule has 0 heterocycles. The van der Waals surface area contributed by atoms with Gasteiger partial charge in [-0.05, 0) is 31.0 Å². The van der Waals surface area contributed by atoms with Crippen molar-refractivity contribution < 1.29 is 23.9 Å². The molecule has 1 aliphatic rings. The van der Waals surface area contributed by atoms with E-state index in [9.17, 15) is 18.8 Å². The maximum Gasteiger partial charge on any atom is 0.338 e. The van der Waals surface area contributed by atoms with E-state index in [0.717, 1.165) is 36.7 Å². The van der Waals surface area contributed by atoms with E-state index in [-0.39, 0.29) is 11.8 Å². The van der Waals surface area contributed by atoms with Crippen LogP contribution < -0.4 is 10.6 Å². The third-order valence-corrected chi connectivity index (χ3v) is 3.70. The monoisotopic (exact) mass is 312 g/mol. The van der Waals surface area contributed by atoms with Crippen LogP contribution in [0.3, 0.4) is 0 Å². The number of hydrogen-bond acceptors (Lipinski definition) is 4. The molecular formula is C13H13FN2O4S. The van der Waals surface area contributed by atoms with Crippen LogP contribution in [-0.2, 0) is 4.79 Å². The van der Waals surface area contributed by atoms with E-state index in [4.69, 9.17) is 5.11 Å². The minimum absolute atomic E-state index is 0.0667. The second-order valence-electron chi connectivity index (χ2n) is 4.53. The summed E-state index contributed by atoms with van der Waals surface area (Å²) in [4.78, 5) is 34.1. The lowest BCUT2D eigenvalue weighted by Gasteiger charge is -2.06. The molecule has 112 valence electrons. The Morgan fingerprint density at radius 3 is 2.67 bits per heavy atom. The zero-order valence-electron chi connectivity index (χ0n) is 10.9. The van der Waals surface area contributed by atoms with Gasteiger partial charge in [-0.3, -0.25) is 10.1 Å². The number of carbonyl (C=O) groups is 3. The Kier molecular flexibility index (Phi) is 4.79. The molecule has 0 saturated heterocycles. The third-order valence-electron chi connectivity index (χ3n) is 2.70. The lowest BCUT2D eigenvalue weighted by atomic mass is 10.2. The van der Waals surface area contributed by atoms with E-state index in [0.29, 0.717) is 4.90 Å². The summed E-state index contributed by atoms with van der Waals surface area (Å²) in [7, 11) is 0. The molecule has 0 radical (unpaired) electrons. The molecule has 3 amide bonds. The Morgan fingerprint density at radius 2 is 2.05 bits per heavy atom. The zero-order chi connectivity index (χ0) is 15.4. The Balaban J connectivity index is 1.84. The number of urea groups is 1. The van der Waals surface area contributed by atoms with Gasteiger partial charge in [0.2, 0.25) is 5.91 Å². The van der Waals surface area contributed by atoms with Gasteiger partial charge in [-0.1, -0.05) is 0 Å². The second kappa shape index (κ2) is 6.57. The second-order valence-corrected chi connectivity index (χ2v) is 5.58. The number of benzene rings is 1. The van der Waals surface area contributed by atoms with Crippen LogP contribution in [0.15, 0.2) is 23.1 Å². The highest BCUT2D eigenvalue weighted by atomic mass is 32.2. The summed E-state index contributed by atoms with van der Waals surface area (Å²) < 4.78 is 13.2. The number of carboxylic acids is 1. The van der Waals surface area contributed by atoms with Crippen molar-refractivity contribution >= 4 is 29.7 Å². The number of thioether (sulfide) groups is 1. The molecule has 3 N–H and O–H groups in total. The Hall–Kier alpha value is -2.09. The predicted octanol–water partition coefficient (Wildman–Crippen LogP) is 1.60. The van der Waals surface area contributed by atoms with Crippen LogP contribution in [0, 0.1) is 5.82 Å². The molecule has 2 rings (SSSR count). The first-order valence-corrected chi connectivity index (χ1v) is 7.20. The maximum absolute atomic E-state index is 13.2. The van der Waals surface area contributed by atoms with Crippen LogP contribution in [-0.4, -0.2) is 34.8 Å². The maximum atomic E-state index is 13.2. The van der Waals surface area contributed by atoms with Crippen molar-refractivity contribution in [3.8, 4) is 0 Å². The van der Waals surface area contributed by atoms with Gasteiger partial charge in [0.25, 0.3) is 0 Å². The van der Waals surface area contributed by atoms with E-state index < -0.39 is 29.3 Å². The van der Waals surface area contributed by atoms with Crippen molar-refractivity contribution in [1.82, 2.24) is 10.6 Å². The molecule has 0 atom stereocenters. The number of halogens is 1. The molecule has 0 bridgehead atoms. The number of hydrogen-bond donors (Lipinski definition) is 3. The fraction of sp³-hybridized carbons (Fsp3) is 0.308. The van der Waals surface area contributed by atoms with Gasteiger partial charge in [0.05, 0.1) is 11.3 Å². The molecule has 0 unspecified atom stereocenters. The molecule has 0 aromatic heterocycles. The van der Waals surface area contributed by atoms with E-state index in [1.807, 2.05) is 0 Å². The molecule has 0 spiro atoms. The van der Waals surface area contributed by atoms with Gasteiger partial charge in [-0.2, -0.15) is 0 Å². The predicted molar refractivity (Wildman–Crippen MR) is 73.8 cm³/mol. The quantitative estimate of drug-likeness (QED) is 0.718.